The topological polar surface area (TPSA) is 32.5 Å². The minimum absolute atomic E-state index is 0.0559. The minimum Gasteiger partial charge on any atom is -0.369 e. The maximum Gasteiger partial charge on any atom is 0.146 e. The quantitative estimate of drug-likeness (QED) is 0.758. The van der Waals surface area contributed by atoms with Gasteiger partial charge in [0, 0.05) is 31.6 Å². The second-order valence-electron chi connectivity index (χ2n) is 5.60. The first-order valence-corrected chi connectivity index (χ1v) is 6.55. The fourth-order valence-electron chi connectivity index (χ4n) is 3.54. The molecular formula is C14H20FN3. The Morgan fingerprint density at radius 1 is 1.33 bits per heavy atom. The van der Waals surface area contributed by atoms with Crippen LogP contribution in [0.5, 0.6) is 0 Å². The van der Waals surface area contributed by atoms with Crippen molar-refractivity contribution in [2.45, 2.75) is 18.5 Å². The third-order valence-corrected chi connectivity index (χ3v) is 4.51. The van der Waals surface area contributed by atoms with E-state index in [0.717, 1.165) is 25.1 Å². The molecule has 0 aliphatic carbocycles. The first kappa shape index (κ1) is 11.9. The Labute approximate surface area is 107 Å². The predicted molar refractivity (Wildman–Crippen MR) is 71.1 cm³/mol. The van der Waals surface area contributed by atoms with Gasteiger partial charge in [0.1, 0.15) is 5.82 Å². The van der Waals surface area contributed by atoms with Crippen molar-refractivity contribution in [3.63, 3.8) is 0 Å². The van der Waals surface area contributed by atoms with Gasteiger partial charge in [-0.15, -0.1) is 0 Å². The summed E-state index contributed by atoms with van der Waals surface area (Å²) >= 11 is 0. The van der Waals surface area contributed by atoms with Crippen molar-refractivity contribution in [2.24, 2.45) is 11.7 Å². The van der Waals surface area contributed by atoms with Crippen LogP contribution in [0.25, 0.3) is 0 Å². The molecule has 4 heteroatoms. The van der Waals surface area contributed by atoms with E-state index in [4.69, 9.17) is 5.73 Å². The first-order chi connectivity index (χ1) is 8.59. The van der Waals surface area contributed by atoms with Crippen molar-refractivity contribution in [2.75, 3.05) is 32.1 Å². The highest BCUT2D eigenvalue weighted by molar-refractivity contribution is 5.59. The van der Waals surface area contributed by atoms with Gasteiger partial charge in [0.25, 0.3) is 0 Å². The average Bonchev–Trinajstić information content (AvgIpc) is 2.35. The lowest BCUT2D eigenvalue weighted by molar-refractivity contribution is 0.153. The van der Waals surface area contributed by atoms with Gasteiger partial charge < -0.3 is 15.5 Å². The molecule has 3 rings (SSSR count). The number of anilines is 1. The molecule has 2 aliphatic heterocycles. The molecule has 1 aromatic rings. The lowest BCUT2D eigenvalue weighted by atomic mass is 9.78. The Morgan fingerprint density at radius 3 is 2.89 bits per heavy atom. The van der Waals surface area contributed by atoms with Crippen LogP contribution in [0, 0.1) is 11.7 Å². The lowest BCUT2D eigenvalue weighted by Crippen LogP contribution is -2.55. The smallest absolute Gasteiger partial charge is 0.146 e. The second kappa shape index (κ2) is 4.21. The maximum absolute atomic E-state index is 14.0. The second-order valence-corrected chi connectivity index (χ2v) is 5.60. The third kappa shape index (κ3) is 1.63. The van der Waals surface area contributed by atoms with Crippen molar-refractivity contribution in [3.8, 4) is 0 Å². The van der Waals surface area contributed by atoms with E-state index in [2.05, 4.69) is 16.8 Å². The fraction of sp³-hybridized carbons (Fsp3) is 0.571. The molecule has 3 atom stereocenters. The van der Waals surface area contributed by atoms with Crippen LogP contribution >= 0.6 is 0 Å². The number of rotatable bonds is 0. The highest BCUT2D eigenvalue weighted by Gasteiger charge is 2.41. The van der Waals surface area contributed by atoms with E-state index in [9.17, 15) is 4.39 Å². The number of benzene rings is 1. The molecule has 0 amide bonds. The van der Waals surface area contributed by atoms with Gasteiger partial charge in [0.15, 0.2) is 0 Å². The number of fused-ring (bicyclic) bond motifs is 2. The van der Waals surface area contributed by atoms with Crippen LogP contribution in [0.15, 0.2) is 18.2 Å². The molecule has 1 saturated heterocycles. The van der Waals surface area contributed by atoms with E-state index in [0.29, 0.717) is 17.6 Å². The Bertz CT molecular complexity index is 462. The summed E-state index contributed by atoms with van der Waals surface area (Å²) in [6, 6.07) is 5.55. The minimum atomic E-state index is -0.150. The molecule has 0 aromatic heterocycles. The summed E-state index contributed by atoms with van der Waals surface area (Å²) < 4.78 is 14.0. The number of para-hydroxylation sites is 1. The number of halogens is 1. The molecule has 3 unspecified atom stereocenters. The van der Waals surface area contributed by atoms with E-state index in [1.807, 2.05) is 13.1 Å². The average molecular weight is 249 g/mol. The van der Waals surface area contributed by atoms with Crippen LogP contribution in [-0.2, 0) is 0 Å². The van der Waals surface area contributed by atoms with Gasteiger partial charge in [0.2, 0.25) is 0 Å². The van der Waals surface area contributed by atoms with Gasteiger partial charge in [-0.2, -0.15) is 0 Å². The van der Waals surface area contributed by atoms with Crippen molar-refractivity contribution in [1.82, 2.24) is 4.90 Å². The first-order valence-electron chi connectivity index (χ1n) is 6.55. The summed E-state index contributed by atoms with van der Waals surface area (Å²) in [5.74, 6) is 0.242. The Hall–Kier alpha value is -1.13. The largest absolute Gasteiger partial charge is 0.369 e. The zero-order valence-corrected chi connectivity index (χ0v) is 10.9. The molecule has 1 aromatic carbocycles. The van der Waals surface area contributed by atoms with Gasteiger partial charge >= 0.3 is 0 Å². The summed E-state index contributed by atoms with van der Waals surface area (Å²) in [6.45, 7) is 2.05. The zero-order chi connectivity index (χ0) is 12.9. The molecule has 98 valence electrons. The molecule has 2 heterocycles. The van der Waals surface area contributed by atoms with Gasteiger partial charge in [-0.05, 0) is 31.6 Å². The van der Waals surface area contributed by atoms with Crippen molar-refractivity contribution in [1.29, 1.82) is 0 Å². The number of likely N-dealkylation sites (tertiary alicyclic amines) is 1. The van der Waals surface area contributed by atoms with Gasteiger partial charge in [0.05, 0.1) is 5.69 Å². The summed E-state index contributed by atoms with van der Waals surface area (Å²) in [4.78, 5) is 4.42. The number of hydrogen-bond acceptors (Lipinski definition) is 3. The standard InChI is InChI=1S/C14H20FN3/c1-17-7-6-12-10(8-17)13(16)9-4-3-5-11(15)14(9)18(12)2/h3-5,10,12-13H,6-8,16H2,1-2H3. The molecule has 0 saturated carbocycles. The molecule has 2 N–H and O–H groups in total. The van der Waals surface area contributed by atoms with Gasteiger partial charge in [-0.25, -0.2) is 4.39 Å². The number of hydrogen-bond donors (Lipinski definition) is 1. The maximum atomic E-state index is 14.0. The van der Waals surface area contributed by atoms with Crippen LogP contribution in [0.4, 0.5) is 10.1 Å². The zero-order valence-electron chi connectivity index (χ0n) is 10.9. The highest BCUT2D eigenvalue weighted by Crippen LogP contribution is 2.42. The summed E-state index contributed by atoms with van der Waals surface area (Å²) in [6.07, 6.45) is 1.05. The Morgan fingerprint density at radius 2 is 2.11 bits per heavy atom. The number of piperidine rings is 1. The van der Waals surface area contributed by atoms with E-state index in [1.54, 1.807) is 6.07 Å². The molecule has 3 nitrogen and oxygen atoms in total. The fourth-order valence-corrected chi connectivity index (χ4v) is 3.54. The van der Waals surface area contributed by atoms with Crippen molar-refractivity contribution >= 4 is 5.69 Å². The van der Waals surface area contributed by atoms with Crippen molar-refractivity contribution < 1.29 is 4.39 Å². The van der Waals surface area contributed by atoms with E-state index in [-0.39, 0.29) is 11.9 Å². The molecule has 2 aliphatic rings. The van der Waals surface area contributed by atoms with Crippen LogP contribution in [-0.4, -0.2) is 38.1 Å². The number of nitrogens with zero attached hydrogens (tertiary/aromatic N) is 2. The highest BCUT2D eigenvalue weighted by atomic mass is 19.1. The SMILES string of the molecule is CN1CCC2C(C1)C(N)c1cccc(F)c1N2C. The van der Waals surface area contributed by atoms with Crippen LogP contribution < -0.4 is 10.6 Å². The summed E-state index contributed by atoms with van der Waals surface area (Å²) in [7, 11) is 4.13. The molecule has 18 heavy (non-hydrogen) atoms. The predicted octanol–water partition coefficient (Wildman–Crippen LogP) is 1.60. The Balaban J connectivity index is 2.06. The van der Waals surface area contributed by atoms with Crippen LogP contribution in [0.3, 0.4) is 0 Å². The van der Waals surface area contributed by atoms with E-state index in [1.165, 1.54) is 6.07 Å². The molecule has 0 bridgehead atoms. The third-order valence-electron chi connectivity index (χ3n) is 4.51. The molecule has 0 radical (unpaired) electrons. The van der Waals surface area contributed by atoms with Crippen molar-refractivity contribution in [3.05, 3.63) is 29.6 Å². The van der Waals surface area contributed by atoms with Crippen LogP contribution in [0.1, 0.15) is 18.0 Å². The van der Waals surface area contributed by atoms with E-state index < -0.39 is 0 Å². The monoisotopic (exact) mass is 249 g/mol. The molecular weight excluding hydrogens is 229 g/mol. The Kier molecular flexibility index (Phi) is 2.79. The molecule has 1 fully saturated rings. The summed E-state index contributed by atoms with van der Waals surface area (Å²) in [5, 5.41) is 0. The summed E-state index contributed by atoms with van der Waals surface area (Å²) in [5.41, 5.74) is 8.03. The van der Waals surface area contributed by atoms with E-state index >= 15 is 0 Å². The molecule has 0 spiro atoms. The van der Waals surface area contributed by atoms with Gasteiger partial charge in [-0.1, -0.05) is 12.1 Å². The number of nitrogens with two attached hydrogens (primary N) is 1. The lowest BCUT2D eigenvalue weighted by Gasteiger charge is -2.49. The normalized spacial score (nSPS) is 32.0. The van der Waals surface area contributed by atoms with Gasteiger partial charge in [-0.3, -0.25) is 0 Å². The van der Waals surface area contributed by atoms with Crippen LogP contribution in [0.2, 0.25) is 0 Å².